The van der Waals surface area contributed by atoms with Crippen LogP contribution in [0.3, 0.4) is 0 Å². The number of imide groups is 1. The van der Waals surface area contributed by atoms with Crippen molar-refractivity contribution in [2.45, 2.75) is 62.9 Å². The monoisotopic (exact) mass is 569 g/mol. The van der Waals surface area contributed by atoms with Gasteiger partial charge in [-0.15, -0.1) is 0 Å². The zero-order chi connectivity index (χ0) is 28.9. The Morgan fingerprint density at radius 2 is 1.41 bits per heavy atom. The van der Waals surface area contributed by atoms with Gasteiger partial charge in [0, 0.05) is 6.04 Å². The molecule has 1 fully saturated rings. The molecule has 39 heavy (non-hydrogen) atoms. The molecule has 1 aliphatic rings. The maximum atomic E-state index is 14.5. The molecule has 11 heteroatoms. The molecule has 0 spiro atoms. The van der Waals surface area contributed by atoms with Crippen molar-refractivity contribution >= 4 is 37.5 Å². The lowest BCUT2D eigenvalue weighted by Gasteiger charge is -2.34. The predicted molar refractivity (Wildman–Crippen MR) is 148 cm³/mol. The first kappa shape index (κ1) is 28.6. The number of nitrogens with zero attached hydrogens (tertiary/aromatic N) is 2. The van der Waals surface area contributed by atoms with Crippen molar-refractivity contribution < 1.29 is 26.4 Å². The van der Waals surface area contributed by atoms with Crippen molar-refractivity contribution in [1.29, 1.82) is 0 Å². The Labute approximate surface area is 229 Å². The molecule has 0 bridgehead atoms. The Balaban J connectivity index is 1.86. The van der Waals surface area contributed by atoms with Crippen LogP contribution in [-0.2, 0) is 29.6 Å². The van der Waals surface area contributed by atoms with Crippen LogP contribution in [-0.4, -0.2) is 39.0 Å². The molecular formula is C28H31N3O6S2. The molecule has 0 aliphatic carbocycles. The van der Waals surface area contributed by atoms with E-state index in [-0.39, 0.29) is 21.9 Å². The van der Waals surface area contributed by atoms with Crippen molar-refractivity contribution in [3.8, 4) is 0 Å². The van der Waals surface area contributed by atoms with Crippen molar-refractivity contribution in [2.24, 2.45) is 5.14 Å². The average molecular weight is 570 g/mol. The normalized spacial score (nSPS) is 17.2. The lowest BCUT2D eigenvalue weighted by Crippen LogP contribution is -2.47. The van der Waals surface area contributed by atoms with Crippen molar-refractivity contribution in [2.75, 3.05) is 4.90 Å². The summed E-state index contributed by atoms with van der Waals surface area (Å²) in [4.78, 5) is 27.8. The van der Waals surface area contributed by atoms with E-state index in [9.17, 15) is 26.4 Å². The molecule has 206 valence electrons. The Morgan fingerprint density at radius 3 is 1.92 bits per heavy atom. The van der Waals surface area contributed by atoms with Crippen LogP contribution >= 0.6 is 0 Å². The number of aryl methyl sites for hydroxylation is 2. The third kappa shape index (κ3) is 5.14. The second-order valence-electron chi connectivity index (χ2n) is 9.84. The second kappa shape index (κ2) is 10.3. The van der Waals surface area contributed by atoms with Gasteiger partial charge in [-0.3, -0.25) is 9.59 Å². The van der Waals surface area contributed by atoms with Gasteiger partial charge in [-0.2, -0.15) is 4.31 Å². The summed E-state index contributed by atoms with van der Waals surface area (Å²) in [6.45, 7) is 8.84. The van der Waals surface area contributed by atoms with E-state index in [2.05, 4.69) is 0 Å². The lowest BCUT2D eigenvalue weighted by molar-refractivity contribution is -0.122. The number of carbonyl (C=O) groups is 2. The molecule has 0 radical (unpaired) electrons. The van der Waals surface area contributed by atoms with Crippen LogP contribution in [0.4, 0.5) is 5.69 Å². The highest BCUT2D eigenvalue weighted by atomic mass is 32.2. The lowest BCUT2D eigenvalue weighted by atomic mass is 10.0. The molecule has 4 rings (SSSR count). The van der Waals surface area contributed by atoms with Crippen molar-refractivity contribution in [3.63, 3.8) is 0 Å². The summed E-state index contributed by atoms with van der Waals surface area (Å²) >= 11 is 0. The highest BCUT2D eigenvalue weighted by Gasteiger charge is 2.49. The number of anilines is 1. The summed E-state index contributed by atoms with van der Waals surface area (Å²) in [5.41, 5.74) is 3.55. The average Bonchev–Trinajstić information content (AvgIpc) is 3.15. The summed E-state index contributed by atoms with van der Waals surface area (Å²) in [5.74, 6) is -1.31. The number of hydrogen-bond donors (Lipinski definition) is 1. The second-order valence-corrected chi connectivity index (χ2v) is 13.2. The molecule has 1 aliphatic heterocycles. The standard InChI is InChI=1S/C28H31N3O6S2/c1-17-15-18(2)20(4)27(19(17)3)39(36,37)31(21(5)22-9-7-6-8-10-22)25-16-26(32)30(28(25)33)23-11-13-24(14-12-23)38(29,34)35/h6-15,21,25H,16H2,1-5H3,(H2,29,34,35). The molecule has 0 saturated carbocycles. The SMILES string of the molecule is Cc1cc(C)c(C)c(S(=O)(=O)N(C2CC(=O)N(c3ccc(S(N)(=O)=O)cc3)C2=O)C(C)c2ccccc2)c1C. The number of nitrogens with two attached hydrogens (primary N) is 1. The maximum absolute atomic E-state index is 14.5. The molecule has 2 unspecified atom stereocenters. The first-order valence-electron chi connectivity index (χ1n) is 12.3. The fraction of sp³-hybridized carbons (Fsp3) is 0.286. The van der Waals surface area contributed by atoms with E-state index in [4.69, 9.17) is 5.14 Å². The number of carbonyl (C=O) groups excluding carboxylic acids is 2. The Bertz CT molecular complexity index is 1640. The smallest absolute Gasteiger partial charge is 0.252 e. The summed E-state index contributed by atoms with van der Waals surface area (Å²) in [7, 11) is -8.27. The molecule has 2 amide bonds. The molecule has 0 aromatic heterocycles. The predicted octanol–water partition coefficient (Wildman–Crippen LogP) is 3.65. The zero-order valence-electron chi connectivity index (χ0n) is 22.4. The van der Waals surface area contributed by atoms with Crippen LogP contribution in [0, 0.1) is 27.7 Å². The highest BCUT2D eigenvalue weighted by Crippen LogP contribution is 2.38. The summed E-state index contributed by atoms with van der Waals surface area (Å²) in [6, 6.07) is 13.8. The molecule has 2 atom stereocenters. The largest absolute Gasteiger partial charge is 0.274 e. The van der Waals surface area contributed by atoms with Crippen LogP contribution in [0.15, 0.2) is 70.5 Å². The minimum absolute atomic E-state index is 0.124. The molecule has 1 saturated heterocycles. The molecule has 9 nitrogen and oxygen atoms in total. The van der Waals surface area contributed by atoms with E-state index in [1.54, 1.807) is 45.0 Å². The number of benzene rings is 3. The fourth-order valence-electron chi connectivity index (χ4n) is 5.07. The van der Waals surface area contributed by atoms with Gasteiger partial charge >= 0.3 is 0 Å². The fourth-order valence-corrected chi connectivity index (χ4v) is 7.93. The van der Waals surface area contributed by atoms with E-state index < -0.39 is 43.9 Å². The van der Waals surface area contributed by atoms with E-state index in [0.717, 1.165) is 20.3 Å². The van der Waals surface area contributed by atoms with Gasteiger partial charge in [0.1, 0.15) is 6.04 Å². The molecule has 3 aromatic rings. The molecule has 3 aromatic carbocycles. The number of primary sulfonamides is 1. The quantitative estimate of drug-likeness (QED) is 0.432. The molecular weight excluding hydrogens is 538 g/mol. The number of amides is 2. The highest BCUT2D eigenvalue weighted by molar-refractivity contribution is 7.89. The van der Waals surface area contributed by atoms with Crippen LogP contribution in [0.5, 0.6) is 0 Å². The third-order valence-electron chi connectivity index (χ3n) is 7.35. The third-order valence-corrected chi connectivity index (χ3v) is 10.5. The van der Waals surface area contributed by atoms with Gasteiger partial charge in [0.15, 0.2) is 0 Å². The number of hydrogen-bond acceptors (Lipinski definition) is 6. The molecule has 1 heterocycles. The van der Waals surface area contributed by atoms with Crippen LogP contribution in [0.1, 0.15) is 47.2 Å². The maximum Gasteiger partial charge on any atom is 0.252 e. The Morgan fingerprint density at radius 1 is 0.872 bits per heavy atom. The van der Waals surface area contributed by atoms with Crippen LogP contribution < -0.4 is 10.0 Å². The summed E-state index contributed by atoms with van der Waals surface area (Å²) in [6.07, 6.45) is -0.366. The first-order valence-corrected chi connectivity index (χ1v) is 15.3. The molecule has 2 N–H and O–H groups in total. The zero-order valence-corrected chi connectivity index (χ0v) is 24.0. The summed E-state index contributed by atoms with van der Waals surface area (Å²) in [5, 5.41) is 5.17. The van der Waals surface area contributed by atoms with Crippen LogP contribution in [0.25, 0.3) is 0 Å². The first-order chi connectivity index (χ1) is 18.2. The van der Waals surface area contributed by atoms with E-state index in [1.807, 2.05) is 26.0 Å². The van der Waals surface area contributed by atoms with Crippen molar-refractivity contribution in [3.05, 3.63) is 88.5 Å². The Kier molecular flexibility index (Phi) is 7.56. The van der Waals surface area contributed by atoms with Gasteiger partial charge in [0.25, 0.3) is 5.91 Å². The van der Waals surface area contributed by atoms with Gasteiger partial charge < -0.3 is 0 Å². The van der Waals surface area contributed by atoms with Gasteiger partial charge in [-0.25, -0.2) is 26.9 Å². The minimum Gasteiger partial charge on any atom is -0.274 e. The van der Waals surface area contributed by atoms with Gasteiger partial charge in [-0.05, 0) is 86.7 Å². The number of rotatable bonds is 7. The van der Waals surface area contributed by atoms with Crippen LogP contribution in [0.2, 0.25) is 0 Å². The topological polar surface area (TPSA) is 135 Å². The van der Waals surface area contributed by atoms with Gasteiger partial charge in [0.2, 0.25) is 26.0 Å². The van der Waals surface area contributed by atoms with Gasteiger partial charge in [0.05, 0.1) is 21.9 Å². The van der Waals surface area contributed by atoms with E-state index in [0.29, 0.717) is 16.7 Å². The summed E-state index contributed by atoms with van der Waals surface area (Å²) < 4.78 is 53.4. The van der Waals surface area contributed by atoms with E-state index in [1.165, 1.54) is 24.3 Å². The van der Waals surface area contributed by atoms with E-state index >= 15 is 0 Å². The van der Waals surface area contributed by atoms with Gasteiger partial charge in [-0.1, -0.05) is 36.4 Å². The number of sulfonamides is 2. The minimum atomic E-state index is -4.29. The Hall–Kier alpha value is -3.38. The van der Waals surface area contributed by atoms with Crippen molar-refractivity contribution in [1.82, 2.24) is 4.31 Å².